The number of pyridine rings is 1. The van der Waals surface area contributed by atoms with Crippen LogP contribution in [0.4, 0.5) is 17.6 Å². The molecule has 29 heavy (non-hydrogen) atoms. The summed E-state index contributed by atoms with van der Waals surface area (Å²) in [6, 6.07) is 4.81. The predicted molar refractivity (Wildman–Crippen MR) is 102 cm³/mol. The Hall–Kier alpha value is -2.48. The van der Waals surface area contributed by atoms with E-state index in [1.807, 2.05) is 24.6 Å². The Kier molecular flexibility index (Phi) is 5.06. The number of alkyl halides is 3. The van der Waals surface area contributed by atoms with Gasteiger partial charge in [-0.1, -0.05) is 13.0 Å². The van der Waals surface area contributed by atoms with Gasteiger partial charge in [-0.25, -0.2) is 9.37 Å². The van der Waals surface area contributed by atoms with Crippen LogP contribution >= 0.6 is 0 Å². The highest BCUT2D eigenvalue weighted by molar-refractivity contribution is 5.74. The standard InChI is InChI=1S/C21H22F4N4/c1-13-11-29(12-20-27-18-10-26-7-5-19(18)28(20)2)8-6-15(13)16-4-3-14(9-17(16)22)21(23,24)25/h3-5,7,9-10,13,15H,6,8,11-12H2,1-2H3. The number of fused-ring (bicyclic) bond motifs is 1. The Morgan fingerprint density at radius 3 is 2.66 bits per heavy atom. The molecule has 0 spiro atoms. The Morgan fingerprint density at radius 2 is 2.00 bits per heavy atom. The second kappa shape index (κ2) is 7.40. The average Bonchev–Trinajstić information content (AvgIpc) is 2.97. The van der Waals surface area contributed by atoms with E-state index in [0.717, 1.165) is 36.0 Å². The quantitative estimate of drug-likeness (QED) is 0.589. The number of benzene rings is 1. The fraction of sp³-hybridized carbons (Fsp3) is 0.429. The lowest BCUT2D eigenvalue weighted by Crippen LogP contribution is -2.38. The summed E-state index contributed by atoms with van der Waals surface area (Å²) in [5, 5.41) is 0. The normalized spacial score (nSPS) is 21.0. The highest BCUT2D eigenvalue weighted by Crippen LogP contribution is 2.37. The van der Waals surface area contributed by atoms with Crippen molar-refractivity contribution in [2.45, 2.75) is 32.0 Å². The van der Waals surface area contributed by atoms with E-state index in [1.54, 1.807) is 12.4 Å². The second-order valence-corrected chi connectivity index (χ2v) is 7.79. The van der Waals surface area contributed by atoms with E-state index in [1.165, 1.54) is 6.07 Å². The molecular formula is C21H22F4N4. The molecule has 154 valence electrons. The number of piperidine rings is 1. The molecule has 8 heteroatoms. The van der Waals surface area contributed by atoms with Crippen molar-refractivity contribution in [3.05, 3.63) is 59.4 Å². The molecule has 1 fully saturated rings. The molecule has 0 saturated carbocycles. The third kappa shape index (κ3) is 3.85. The van der Waals surface area contributed by atoms with Crippen molar-refractivity contribution in [3.8, 4) is 0 Å². The van der Waals surface area contributed by atoms with E-state index in [9.17, 15) is 17.6 Å². The van der Waals surface area contributed by atoms with Crippen LogP contribution in [0.5, 0.6) is 0 Å². The maximum atomic E-state index is 14.4. The number of aromatic nitrogens is 3. The summed E-state index contributed by atoms with van der Waals surface area (Å²) < 4.78 is 54.9. The summed E-state index contributed by atoms with van der Waals surface area (Å²) in [7, 11) is 1.97. The highest BCUT2D eigenvalue weighted by Gasteiger charge is 2.34. The SMILES string of the molecule is CC1CN(Cc2nc3cnccc3n2C)CCC1c1ccc(C(F)(F)F)cc1F. The van der Waals surface area contributed by atoms with Gasteiger partial charge in [0, 0.05) is 19.8 Å². The van der Waals surface area contributed by atoms with Crippen LogP contribution in [0.2, 0.25) is 0 Å². The van der Waals surface area contributed by atoms with Crippen LogP contribution in [0.1, 0.15) is 36.2 Å². The molecule has 4 rings (SSSR count). The van der Waals surface area contributed by atoms with Crippen molar-refractivity contribution in [1.29, 1.82) is 0 Å². The van der Waals surface area contributed by atoms with Crippen molar-refractivity contribution in [3.63, 3.8) is 0 Å². The van der Waals surface area contributed by atoms with E-state index in [0.29, 0.717) is 24.6 Å². The summed E-state index contributed by atoms with van der Waals surface area (Å²) in [4.78, 5) is 11.0. The lowest BCUT2D eigenvalue weighted by Gasteiger charge is -2.37. The predicted octanol–water partition coefficient (Wildman–Crippen LogP) is 4.75. The third-order valence-corrected chi connectivity index (χ3v) is 5.86. The summed E-state index contributed by atoms with van der Waals surface area (Å²) in [5.74, 6) is 0.178. The smallest absolute Gasteiger partial charge is 0.330 e. The topological polar surface area (TPSA) is 34.0 Å². The van der Waals surface area contributed by atoms with Gasteiger partial charge in [0.2, 0.25) is 0 Å². The first-order chi connectivity index (χ1) is 13.7. The van der Waals surface area contributed by atoms with Gasteiger partial charge in [0.15, 0.2) is 0 Å². The van der Waals surface area contributed by atoms with Crippen LogP contribution < -0.4 is 0 Å². The first-order valence-electron chi connectivity index (χ1n) is 9.58. The molecule has 0 amide bonds. The molecule has 0 N–H and O–H groups in total. The van der Waals surface area contributed by atoms with E-state index in [4.69, 9.17) is 0 Å². The molecule has 2 atom stereocenters. The van der Waals surface area contributed by atoms with Gasteiger partial charge in [-0.15, -0.1) is 0 Å². The number of imidazole rings is 1. The van der Waals surface area contributed by atoms with Crippen LogP contribution in [0.3, 0.4) is 0 Å². The van der Waals surface area contributed by atoms with Gasteiger partial charge in [-0.05, 0) is 48.6 Å². The summed E-state index contributed by atoms with van der Waals surface area (Å²) in [5.41, 5.74) is 1.30. The van der Waals surface area contributed by atoms with Crippen LogP contribution in [-0.2, 0) is 19.8 Å². The first kappa shape index (κ1) is 19.8. The van der Waals surface area contributed by atoms with Crippen LogP contribution in [0, 0.1) is 11.7 Å². The van der Waals surface area contributed by atoms with Gasteiger partial charge in [0.1, 0.15) is 17.2 Å². The summed E-state index contributed by atoms with van der Waals surface area (Å²) in [6.45, 7) is 4.15. The first-order valence-corrected chi connectivity index (χ1v) is 9.58. The monoisotopic (exact) mass is 406 g/mol. The van der Waals surface area contributed by atoms with Crippen molar-refractivity contribution < 1.29 is 17.6 Å². The number of aryl methyl sites for hydroxylation is 1. The molecule has 1 aliphatic heterocycles. The van der Waals surface area contributed by atoms with Gasteiger partial charge >= 0.3 is 6.18 Å². The molecule has 0 radical (unpaired) electrons. The molecule has 4 nitrogen and oxygen atoms in total. The van der Waals surface area contributed by atoms with Crippen LogP contribution in [-0.4, -0.2) is 32.5 Å². The van der Waals surface area contributed by atoms with Crippen molar-refractivity contribution in [2.75, 3.05) is 13.1 Å². The van der Waals surface area contributed by atoms with E-state index in [2.05, 4.69) is 14.9 Å². The molecule has 3 heterocycles. The molecule has 1 aromatic carbocycles. The number of halogens is 4. The zero-order chi connectivity index (χ0) is 20.8. The number of nitrogens with zero attached hydrogens (tertiary/aromatic N) is 4. The average molecular weight is 406 g/mol. The lowest BCUT2D eigenvalue weighted by molar-refractivity contribution is -0.137. The molecule has 2 aromatic heterocycles. The Bertz CT molecular complexity index is 1030. The highest BCUT2D eigenvalue weighted by atomic mass is 19.4. The van der Waals surface area contributed by atoms with E-state index in [-0.39, 0.29) is 11.8 Å². The lowest BCUT2D eigenvalue weighted by atomic mass is 9.81. The zero-order valence-corrected chi connectivity index (χ0v) is 16.2. The fourth-order valence-electron chi connectivity index (χ4n) is 4.28. The summed E-state index contributed by atoms with van der Waals surface area (Å²) in [6.07, 6.45) is -0.370. The largest absolute Gasteiger partial charge is 0.416 e. The maximum Gasteiger partial charge on any atom is 0.416 e. The van der Waals surface area contributed by atoms with E-state index < -0.39 is 17.6 Å². The second-order valence-electron chi connectivity index (χ2n) is 7.79. The Labute approximate surface area is 166 Å². The number of hydrogen-bond acceptors (Lipinski definition) is 3. The third-order valence-electron chi connectivity index (χ3n) is 5.86. The van der Waals surface area contributed by atoms with Crippen molar-refractivity contribution in [1.82, 2.24) is 19.4 Å². The van der Waals surface area contributed by atoms with Gasteiger partial charge < -0.3 is 4.57 Å². The van der Waals surface area contributed by atoms with Crippen molar-refractivity contribution >= 4 is 11.0 Å². The minimum Gasteiger partial charge on any atom is -0.330 e. The molecule has 0 aliphatic carbocycles. The molecule has 1 aliphatic rings. The maximum absolute atomic E-state index is 14.4. The number of rotatable bonds is 3. The van der Waals surface area contributed by atoms with Gasteiger partial charge in [-0.2, -0.15) is 13.2 Å². The molecule has 3 aromatic rings. The fourth-order valence-corrected chi connectivity index (χ4v) is 4.28. The van der Waals surface area contributed by atoms with Crippen molar-refractivity contribution in [2.24, 2.45) is 13.0 Å². The van der Waals surface area contributed by atoms with Gasteiger partial charge in [0.25, 0.3) is 0 Å². The Balaban J connectivity index is 1.48. The summed E-state index contributed by atoms with van der Waals surface area (Å²) >= 11 is 0. The number of hydrogen-bond donors (Lipinski definition) is 0. The zero-order valence-electron chi connectivity index (χ0n) is 16.2. The van der Waals surface area contributed by atoms with Crippen LogP contribution in [0.25, 0.3) is 11.0 Å². The van der Waals surface area contributed by atoms with E-state index >= 15 is 0 Å². The van der Waals surface area contributed by atoms with Crippen LogP contribution in [0.15, 0.2) is 36.7 Å². The number of likely N-dealkylation sites (tertiary alicyclic amines) is 1. The van der Waals surface area contributed by atoms with Gasteiger partial charge in [0.05, 0.1) is 23.8 Å². The molecule has 0 bridgehead atoms. The molecular weight excluding hydrogens is 384 g/mol. The minimum atomic E-state index is -4.53. The van der Waals surface area contributed by atoms with Gasteiger partial charge in [-0.3, -0.25) is 9.88 Å². The molecule has 2 unspecified atom stereocenters. The molecule has 1 saturated heterocycles. The minimum absolute atomic E-state index is 0.0989. The Morgan fingerprint density at radius 1 is 1.21 bits per heavy atom.